The van der Waals surface area contributed by atoms with Crippen LogP contribution in [0.25, 0.3) is 11.1 Å². The number of aromatic nitrogens is 2. The molecule has 1 unspecified atom stereocenters. The van der Waals surface area contributed by atoms with Gasteiger partial charge in [-0.15, -0.1) is 0 Å². The third-order valence-corrected chi connectivity index (χ3v) is 3.20. The highest BCUT2D eigenvalue weighted by Gasteiger charge is 2.14. The Morgan fingerprint density at radius 3 is 2.74 bits per heavy atom. The van der Waals surface area contributed by atoms with Gasteiger partial charge in [0, 0.05) is 30.5 Å². The van der Waals surface area contributed by atoms with Gasteiger partial charge in [-0.2, -0.15) is 0 Å². The molecular formula is C14H15FN4. The summed E-state index contributed by atoms with van der Waals surface area (Å²) in [6, 6.07) is 6.82. The number of benzene rings is 1. The number of halogens is 1. The van der Waals surface area contributed by atoms with Gasteiger partial charge in [-0.05, 0) is 30.7 Å². The molecule has 1 aromatic carbocycles. The van der Waals surface area contributed by atoms with Crippen molar-refractivity contribution in [1.29, 1.82) is 0 Å². The van der Waals surface area contributed by atoms with E-state index in [4.69, 9.17) is 0 Å². The minimum absolute atomic E-state index is 0.253. The monoisotopic (exact) mass is 258 g/mol. The van der Waals surface area contributed by atoms with Crippen molar-refractivity contribution >= 4 is 5.95 Å². The Kier molecular flexibility index (Phi) is 3.37. The lowest BCUT2D eigenvalue weighted by Crippen LogP contribution is -2.23. The molecule has 0 amide bonds. The lowest BCUT2D eigenvalue weighted by molar-refractivity contribution is 0.628. The van der Waals surface area contributed by atoms with E-state index in [-0.39, 0.29) is 5.82 Å². The lowest BCUT2D eigenvalue weighted by atomic mass is 10.1. The molecule has 1 aliphatic heterocycles. The van der Waals surface area contributed by atoms with E-state index in [9.17, 15) is 4.39 Å². The smallest absolute Gasteiger partial charge is 0.222 e. The van der Waals surface area contributed by atoms with Crippen LogP contribution in [0.15, 0.2) is 36.7 Å². The molecule has 0 saturated carbocycles. The zero-order valence-corrected chi connectivity index (χ0v) is 10.4. The first-order valence-corrected chi connectivity index (χ1v) is 6.36. The van der Waals surface area contributed by atoms with Gasteiger partial charge in [0.2, 0.25) is 5.95 Å². The Balaban J connectivity index is 1.74. The van der Waals surface area contributed by atoms with Gasteiger partial charge in [-0.1, -0.05) is 12.1 Å². The second kappa shape index (κ2) is 5.32. The number of nitrogens with one attached hydrogen (secondary N) is 2. The Bertz CT molecular complexity index is 550. The van der Waals surface area contributed by atoms with Crippen molar-refractivity contribution in [3.05, 3.63) is 42.5 Å². The fourth-order valence-corrected chi connectivity index (χ4v) is 2.18. The molecule has 2 N–H and O–H groups in total. The van der Waals surface area contributed by atoms with Crippen LogP contribution in [0, 0.1) is 5.82 Å². The van der Waals surface area contributed by atoms with Crippen LogP contribution in [0.1, 0.15) is 6.42 Å². The third-order valence-electron chi connectivity index (χ3n) is 3.20. The van der Waals surface area contributed by atoms with Gasteiger partial charge in [-0.3, -0.25) is 0 Å². The van der Waals surface area contributed by atoms with Gasteiger partial charge < -0.3 is 10.6 Å². The molecule has 1 saturated heterocycles. The lowest BCUT2D eigenvalue weighted by Gasteiger charge is -2.11. The SMILES string of the molecule is Fc1cccc(-c2cnc(NC3CCNC3)nc2)c1. The van der Waals surface area contributed by atoms with Crippen LogP contribution in [0.4, 0.5) is 10.3 Å². The Labute approximate surface area is 111 Å². The summed E-state index contributed by atoms with van der Waals surface area (Å²) in [7, 11) is 0. The molecule has 2 aromatic rings. The van der Waals surface area contributed by atoms with Gasteiger partial charge in [-0.25, -0.2) is 14.4 Å². The molecule has 3 rings (SSSR count). The number of anilines is 1. The van der Waals surface area contributed by atoms with E-state index in [0.717, 1.165) is 30.6 Å². The van der Waals surface area contributed by atoms with E-state index in [1.165, 1.54) is 12.1 Å². The molecule has 1 aromatic heterocycles. The molecular weight excluding hydrogens is 243 g/mol. The van der Waals surface area contributed by atoms with Crippen LogP contribution >= 0.6 is 0 Å². The van der Waals surface area contributed by atoms with Crippen LogP contribution in [0.3, 0.4) is 0 Å². The zero-order valence-electron chi connectivity index (χ0n) is 10.4. The first kappa shape index (κ1) is 12.0. The van der Waals surface area contributed by atoms with E-state index in [1.54, 1.807) is 18.5 Å². The van der Waals surface area contributed by atoms with Gasteiger partial charge in [0.05, 0.1) is 0 Å². The second-order valence-corrected chi connectivity index (χ2v) is 4.64. The minimum atomic E-state index is -0.253. The quantitative estimate of drug-likeness (QED) is 0.884. The van der Waals surface area contributed by atoms with Crippen molar-refractivity contribution in [2.45, 2.75) is 12.5 Å². The Hall–Kier alpha value is -2.01. The van der Waals surface area contributed by atoms with Crippen molar-refractivity contribution in [2.75, 3.05) is 18.4 Å². The van der Waals surface area contributed by atoms with Crippen molar-refractivity contribution in [2.24, 2.45) is 0 Å². The highest BCUT2D eigenvalue weighted by atomic mass is 19.1. The van der Waals surface area contributed by atoms with Crippen molar-refractivity contribution in [3.8, 4) is 11.1 Å². The Morgan fingerprint density at radius 2 is 2.05 bits per heavy atom. The van der Waals surface area contributed by atoms with E-state index in [2.05, 4.69) is 20.6 Å². The molecule has 4 nitrogen and oxygen atoms in total. The third kappa shape index (κ3) is 2.88. The van der Waals surface area contributed by atoms with Gasteiger partial charge in [0.25, 0.3) is 0 Å². The molecule has 5 heteroatoms. The summed E-state index contributed by atoms with van der Waals surface area (Å²) >= 11 is 0. The van der Waals surface area contributed by atoms with E-state index >= 15 is 0 Å². The van der Waals surface area contributed by atoms with Gasteiger partial charge >= 0.3 is 0 Å². The fourth-order valence-electron chi connectivity index (χ4n) is 2.18. The molecule has 19 heavy (non-hydrogen) atoms. The minimum Gasteiger partial charge on any atom is -0.350 e. The largest absolute Gasteiger partial charge is 0.350 e. The van der Waals surface area contributed by atoms with Crippen molar-refractivity contribution in [3.63, 3.8) is 0 Å². The predicted octanol–water partition coefficient (Wildman–Crippen LogP) is 2.06. The van der Waals surface area contributed by atoms with E-state index in [0.29, 0.717) is 12.0 Å². The van der Waals surface area contributed by atoms with Gasteiger partial charge in [0.1, 0.15) is 5.82 Å². The number of hydrogen-bond donors (Lipinski definition) is 2. The summed E-state index contributed by atoms with van der Waals surface area (Å²) in [6.07, 6.45) is 4.51. The van der Waals surface area contributed by atoms with Crippen molar-refractivity contribution < 1.29 is 4.39 Å². The van der Waals surface area contributed by atoms with Crippen LogP contribution < -0.4 is 10.6 Å². The first-order chi connectivity index (χ1) is 9.31. The number of rotatable bonds is 3. The molecule has 1 fully saturated rings. The molecule has 0 spiro atoms. The standard InChI is InChI=1S/C14H15FN4/c15-12-3-1-2-10(6-12)11-7-17-14(18-8-11)19-13-4-5-16-9-13/h1-3,6-8,13,16H,4-5,9H2,(H,17,18,19). The van der Waals surface area contributed by atoms with E-state index in [1.807, 2.05) is 6.07 Å². The average molecular weight is 258 g/mol. The summed E-state index contributed by atoms with van der Waals surface area (Å²) in [5.74, 6) is 0.366. The maximum atomic E-state index is 13.1. The molecule has 1 atom stereocenters. The molecule has 0 radical (unpaired) electrons. The van der Waals surface area contributed by atoms with E-state index < -0.39 is 0 Å². The first-order valence-electron chi connectivity index (χ1n) is 6.36. The summed E-state index contributed by atoms with van der Waals surface area (Å²) < 4.78 is 13.1. The fraction of sp³-hybridized carbons (Fsp3) is 0.286. The molecule has 1 aliphatic rings. The molecule has 98 valence electrons. The predicted molar refractivity (Wildman–Crippen MR) is 72.3 cm³/mol. The zero-order chi connectivity index (χ0) is 13.1. The van der Waals surface area contributed by atoms with Crippen LogP contribution in [0.5, 0.6) is 0 Å². The summed E-state index contributed by atoms with van der Waals surface area (Å²) in [5, 5.41) is 6.55. The van der Waals surface area contributed by atoms with Crippen LogP contribution in [0.2, 0.25) is 0 Å². The maximum Gasteiger partial charge on any atom is 0.222 e. The molecule has 2 heterocycles. The van der Waals surface area contributed by atoms with Gasteiger partial charge in [0.15, 0.2) is 0 Å². The highest BCUT2D eigenvalue weighted by Crippen LogP contribution is 2.19. The summed E-state index contributed by atoms with van der Waals surface area (Å²) in [5.41, 5.74) is 1.60. The number of hydrogen-bond acceptors (Lipinski definition) is 4. The second-order valence-electron chi connectivity index (χ2n) is 4.64. The highest BCUT2D eigenvalue weighted by molar-refractivity contribution is 5.61. The maximum absolute atomic E-state index is 13.1. The topological polar surface area (TPSA) is 49.8 Å². The number of nitrogens with zero attached hydrogens (tertiary/aromatic N) is 2. The summed E-state index contributed by atoms with van der Waals surface area (Å²) in [6.45, 7) is 1.97. The summed E-state index contributed by atoms with van der Waals surface area (Å²) in [4.78, 5) is 8.55. The normalized spacial score (nSPS) is 18.5. The van der Waals surface area contributed by atoms with Crippen molar-refractivity contribution in [1.82, 2.24) is 15.3 Å². The average Bonchev–Trinajstić information content (AvgIpc) is 2.92. The Morgan fingerprint density at radius 1 is 1.21 bits per heavy atom. The van der Waals surface area contributed by atoms with Crippen LogP contribution in [-0.2, 0) is 0 Å². The molecule has 0 bridgehead atoms. The molecule has 0 aliphatic carbocycles. The van der Waals surface area contributed by atoms with Crippen LogP contribution in [-0.4, -0.2) is 29.1 Å².